The van der Waals surface area contributed by atoms with Crippen LogP contribution in [0.2, 0.25) is 0 Å². The highest BCUT2D eigenvalue weighted by atomic mass is 32.2. The summed E-state index contributed by atoms with van der Waals surface area (Å²) in [5.41, 5.74) is 2.95. The summed E-state index contributed by atoms with van der Waals surface area (Å²) in [4.78, 5) is 24.2. The smallest absolute Gasteiger partial charge is 0.255 e. The molecule has 2 aliphatic rings. The number of fused-ring (bicyclic) bond motifs is 1. The van der Waals surface area contributed by atoms with Gasteiger partial charge in [0.25, 0.3) is 5.91 Å². The van der Waals surface area contributed by atoms with E-state index < -0.39 is 10.0 Å². The van der Waals surface area contributed by atoms with Crippen molar-refractivity contribution in [1.82, 2.24) is 4.90 Å². The standard InChI is InChI=1S/C16H19N3O4S/c1-11(20)18-10-14(9-16(18)21)17-13-6-5-12-4-3-7-19(15(12)8-13)24(2,22)23/h5-6,8-9,17H,3-4,7,10H2,1-2H3. The van der Waals surface area contributed by atoms with Crippen LogP contribution in [0.4, 0.5) is 11.4 Å². The van der Waals surface area contributed by atoms with Crippen molar-refractivity contribution in [3.8, 4) is 0 Å². The van der Waals surface area contributed by atoms with Crippen LogP contribution in [0.3, 0.4) is 0 Å². The molecule has 0 fully saturated rings. The van der Waals surface area contributed by atoms with E-state index in [1.165, 1.54) is 23.6 Å². The fraction of sp³-hybridized carbons (Fsp3) is 0.375. The number of hydrogen-bond acceptors (Lipinski definition) is 5. The lowest BCUT2D eigenvalue weighted by Crippen LogP contribution is -2.34. The minimum absolute atomic E-state index is 0.195. The molecule has 1 aromatic carbocycles. The van der Waals surface area contributed by atoms with Gasteiger partial charge in [-0.05, 0) is 30.5 Å². The predicted molar refractivity (Wildman–Crippen MR) is 91.1 cm³/mol. The Morgan fingerprint density at radius 1 is 1.29 bits per heavy atom. The largest absolute Gasteiger partial charge is 0.357 e. The van der Waals surface area contributed by atoms with Crippen molar-refractivity contribution in [2.24, 2.45) is 0 Å². The van der Waals surface area contributed by atoms with E-state index in [1.807, 2.05) is 12.1 Å². The second kappa shape index (κ2) is 5.94. The molecule has 0 aliphatic carbocycles. The van der Waals surface area contributed by atoms with Gasteiger partial charge in [0.15, 0.2) is 0 Å². The minimum atomic E-state index is -3.33. The van der Waals surface area contributed by atoms with E-state index in [4.69, 9.17) is 0 Å². The molecule has 7 nitrogen and oxygen atoms in total. The third kappa shape index (κ3) is 3.14. The molecule has 0 aromatic heterocycles. The Bertz CT molecular complexity index is 845. The van der Waals surface area contributed by atoms with Gasteiger partial charge in [-0.25, -0.2) is 8.42 Å². The van der Waals surface area contributed by atoms with Gasteiger partial charge < -0.3 is 5.32 Å². The second-order valence-corrected chi connectivity index (χ2v) is 7.93. The van der Waals surface area contributed by atoms with Gasteiger partial charge >= 0.3 is 0 Å². The molecule has 0 atom stereocenters. The number of nitrogens with zero attached hydrogens (tertiary/aromatic N) is 2. The lowest BCUT2D eigenvalue weighted by Gasteiger charge is -2.29. The van der Waals surface area contributed by atoms with E-state index >= 15 is 0 Å². The Hall–Kier alpha value is -2.35. The summed E-state index contributed by atoms with van der Waals surface area (Å²) in [6, 6.07) is 5.53. The molecule has 0 saturated carbocycles. The number of benzene rings is 1. The molecule has 3 rings (SSSR count). The van der Waals surface area contributed by atoms with Crippen LogP contribution < -0.4 is 9.62 Å². The molecule has 2 amide bonds. The summed E-state index contributed by atoms with van der Waals surface area (Å²) >= 11 is 0. The summed E-state index contributed by atoms with van der Waals surface area (Å²) < 4.78 is 25.4. The first-order chi connectivity index (χ1) is 11.3. The number of rotatable bonds is 3. The molecule has 2 aliphatic heterocycles. The zero-order valence-electron chi connectivity index (χ0n) is 13.6. The molecular formula is C16H19N3O4S. The average molecular weight is 349 g/mol. The van der Waals surface area contributed by atoms with E-state index in [0.29, 0.717) is 23.6 Å². The Labute approximate surface area is 141 Å². The van der Waals surface area contributed by atoms with Crippen LogP contribution in [0.15, 0.2) is 30.0 Å². The average Bonchev–Trinajstić information content (AvgIpc) is 2.86. The number of nitrogens with one attached hydrogen (secondary N) is 1. The van der Waals surface area contributed by atoms with Crippen LogP contribution in [0.5, 0.6) is 0 Å². The molecule has 24 heavy (non-hydrogen) atoms. The van der Waals surface area contributed by atoms with E-state index in [0.717, 1.165) is 23.3 Å². The molecule has 0 bridgehead atoms. The Kier molecular flexibility index (Phi) is 4.08. The van der Waals surface area contributed by atoms with Crippen molar-refractivity contribution in [3.05, 3.63) is 35.5 Å². The third-order valence-electron chi connectivity index (χ3n) is 4.14. The first kappa shape index (κ1) is 16.5. The van der Waals surface area contributed by atoms with Gasteiger partial charge in [-0.3, -0.25) is 18.8 Å². The fourth-order valence-corrected chi connectivity index (χ4v) is 4.00. The summed E-state index contributed by atoms with van der Waals surface area (Å²) in [7, 11) is -3.33. The van der Waals surface area contributed by atoms with Gasteiger partial charge in [0.2, 0.25) is 15.9 Å². The van der Waals surface area contributed by atoms with Gasteiger partial charge in [-0.1, -0.05) is 6.07 Å². The number of sulfonamides is 1. The number of carbonyl (C=O) groups is 2. The predicted octanol–water partition coefficient (Wildman–Crippen LogP) is 1.08. The first-order valence-corrected chi connectivity index (χ1v) is 9.51. The minimum Gasteiger partial charge on any atom is -0.357 e. The summed E-state index contributed by atoms with van der Waals surface area (Å²) in [6.45, 7) is 2.01. The summed E-state index contributed by atoms with van der Waals surface area (Å²) in [5.74, 6) is -0.650. The Balaban J connectivity index is 1.86. The lowest BCUT2D eigenvalue weighted by atomic mass is 10.0. The van der Waals surface area contributed by atoms with Gasteiger partial charge in [0, 0.05) is 30.9 Å². The number of hydrogen-bond donors (Lipinski definition) is 1. The monoisotopic (exact) mass is 349 g/mol. The lowest BCUT2D eigenvalue weighted by molar-refractivity contribution is -0.138. The van der Waals surface area contributed by atoms with E-state index in [1.54, 1.807) is 6.07 Å². The molecule has 0 unspecified atom stereocenters. The highest BCUT2D eigenvalue weighted by Gasteiger charge is 2.26. The maximum Gasteiger partial charge on any atom is 0.255 e. The molecule has 8 heteroatoms. The zero-order chi connectivity index (χ0) is 17.5. The van der Waals surface area contributed by atoms with Crippen molar-refractivity contribution < 1.29 is 18.0 Å². The van der Waals surface area contributed by atoms with Crippen molar-refractivity contribution >= 4 is 33.2 Å². The molecule has 0 spiro atoms. The molecule has 128 valence electrons. The number of amides is 2. The highest BCUT2D eigenvalue weighted by molar-refractivity contribution is 7.92. The Morgan fingerprint density at radius 2 is 2.04 bits per heavy atom. The van der Waals surface area contributed by atoms with Crippen molar-refractivity contribution in [2.75, 3.05) is 29.0 Å². The number of anilines is 2. The zero-order valence-corrected chi connectivity index (χ0v) is 14.4. The SMILES string of the molecule is CC(=O)N1CC(Nc2ccc3c(c2)N(S(C)(=O)=O)CCC3)=CC1=O. The highest BCUT2D eigenvalue weighted by Crippen LogP contribution is 2.32. The molecule has 1 aromatic rings. The summed E-state index contributed by atoms with van der Waals surface area (Å²) in [6.07, 6.45) is 4.21. The molecule has 0 radical (unpaired) electrons. The number of imide groups is 1. The van der Waals surface area contributed by atoms with E-state index in [-0.39, 0.29) is 18.4 Å². The maximum absolute atomic E-state index is 12.0. The topological polar surface area (TPSA) is 86.8 Å². The van der Waals surface area contributed by atoms with Crippen LogP contribution in [0.1, 0.15) is 18.9 Å². The molecule has 1 N–H and O–H groups in total. The summed E-state index contributed by atoms with van der Waals surface area (Å²) in [5, 5.41) is 3.10. The third-order valence-corrected chi connectivity index (χ3v) is 5.32. The number of aryl methyl sites for hydroxylation is 1. The normalized spacial score (nSPS) is 17.6. The fourth-order valence-electron chi connectivity index (χ4n) is 3.01. The molecule has 0 saturated heterocycles. The molecular weight excluding hydrogens is 330 g/mol. The quantitative estimate of drug-likeness (QED) is 0.882. The van der Waals surface area contributed by atoms with Crippen LogP contribution in [-0.4, -0.2) is 44.5 Å². The van der Waals surface area contributed by atoms with Gasteiger partial charge in [0.1, 0.15) is 0 Å². The van der Waals surface area contributed by atoms with Crippen LogP contribution in [0.25, 0.3) is 0 Å². The van der Waals surface area contributed by atoms with Crippen molar-refractivity contribution in [2.45, 2.75) is 19.8 Å². The molecule has 2 heterocycles. The Morgan fingerprint density at radius 3 is 2.67 bits per heavy atom. The number of carbonyl (C=O) groups excluding carboxylic acids is 2. The van der Waals surface area contributed by atoms with Gasteiger partial charge in [-0.2, -0.15) is 0 Å². The maximum atomic E-state index is 12.0. The second-order valence-electron chi connectivity index (χ2n) is 6.02. The van der Waals surface area contributed by atoms with E-state index in [2.05, 4.69) is 5.32 Å². The van der Waals surface area contributed by atoms with Crippen LogP contribution in [-0.2, 0) is 26.0 Å². The van der Waals surface area contributed by atoms with Crippen molar-refractivity contribution in [3.63, 3.8) is 0 Å². The van der Waals surface area contributed by atoms with Gasteiger partial charge in [-0.15, -0.1) is 0 Å². The van der Waals surface area contributed by atoms with Crippen LogP contribution >= 0.6 is 0 Å². The van der Waals surface area contributed by atoms with Gasteiger partial charge in [0.05, 0.1) is 18.5 Å². The van der Waals surface area contributed by atoms with Crippen LogP contribution in [0, 0.1) is 0 Å². The van der Waals surface area contributed by atoms with E-state index in [9.17, 15) is 18.0 Å². The van der Waals surface area contributed by atoms with Crippen molar-refractivity contribution in [1.29, 1.82) is 0 Å². The first-order valence-electron chi connectivity index (χ1n) is 7.66.